The van der Waals surface area contributed by atoms with E-state index in [-0.39, 0.29) is 11.8 Å². The fourth-order valence-corrected chi connectivity index (χ4v) is 5.80. The minimum atomic E-state index is -0.108. The molecule has 34 heavy (non-hydrogen) atoms. The summed E-state index contributed by atoms with van der Waals surface area (Å²) in [7, 11) is 0. The molecule has 5 heterocycles. The number of thiophene rings is 1. The van der Waals surface area contributed by atoms with Crippen LogP contribution in [0.5, 0.6) is 0 Å². The molecule has 1 N–H and O–H groups in total. The summed E-state index contributed by atoms with van der Waals surface area (Å²) < 4.78 is 5.50. The van der Waals surface area contributed by atoms with Crippen molar-refractivity contribution in [1.29, 1.82) is 0 Å². The van der Waals surface area contributed by atoms with Crippen molar-refractivity contribution in [2.24, 2.45) is 5.92 Å². The standard InChI is InChI=1S/C25H32N6O2S/c1-16-6-4-8-20(26-16)28-24(32)19-7-5-9-31(14-19)23-22-17(2)18(3)34-25(22)29-21(27-23)15-30-10-12-33-13-11-30/h4,6,8,19H,5,7,9-15H2,1-3H3,(H,26,28,32)/t19-/m0/s1. The molecule has 0 bridgehead atoms. The number of nitrogens with zero attached hydrogens (tertiary/aromatic N) is 5. The Morgan fingerprint density at radius 2 is 1.97 bits per heavy atom. The molecule has 3 aromatic rings. The number of ether oxygens (including phenoxy) is 1. The number of carbonyl (C=O) groups is 1. The van der Waals surface area contributed by atoms with Gasteiger partial charge in [0.1, 0.15) is 22.3 Å². The summed E-state index contributed by atoms with van der Waals surface area (Å²) in [6, 6.07) is 5.69. The quantitative estimate of drug-likeness (QED) is 0.596. The second-order valence-corrected chi connectivity index (χ2v) is 10.5. The Morgan fingerprint density at radius 1 is 1.15 bits per heavy atom. The van der Waals surface area contributed by atoms with E-state index < -0.39 is 0 Å². The molecule has 2 aliphatic rings. The molecule has 0 spiro atoms. The van der Waals surface area contributed by atoms with Crippen LogP contribution in [-0.4, -0.2) is 65.2 Å². The number of aromatic nitrogens is 3. The van der Waals surface area contributed by atoms with E-state index in [2.05, 4.69) is 33.9 Å². The Labute approximate surface area is 204 Å². The van der Waals surface area contributed by atoms with Gasteiger partial charge in [0.25, 0.3) is 0 Å². The molecule has 5 rings (SSSR count). The molecule has 1 amide bonds. The van der Waals surface area contributed by atoms with E-state index >= 15 is 0 Å². The molecule has 0 saturated carbocycles. The van der Waals surface area contributed by atoms with E-state index in [1.807, 2.05) is 25.1 Å². The van der Waals surface area contributed by atoms with Crippen molar-refractivity contribution in [2.45, 2.75) is 40.2 Å². The summed E-state index contributed by atoms with van der Waals surface area (Å²) in [5.41, 5.74) is 2.13. The first kappa shape index (κ1) is 23.1. The molecule has 180 valence electrons. The van der Waals surface area contributed by atoms with Crippen molar-refractivity contribution >= 4 is 39.1 Å². The third-order valence-corrected chi connectivity index (χ3v) is 7.86. The number of anilines is 2. The lowest BCUT2D eigenvalue weighted by Gasteiger charge is -2.33. The number of hydrogen-bond acceptors (Lipinski definition) is 8. The molecule has 8 nitrogen and oxygen atoms in total. The molecule has 0 aliphatic carbocycles. The number of carbonyl (C=O) groups excluding carboxylic acids is 1. The molecule has 9 heteroatoms. The van der Waals surface area contributed by atoms with Crippen LogP contribution in [-0.2, 0) is 16.1 Å². The number of hydrogen-bond donors (Lipinski definition) is 1. The number of amides is 1. The maximum absolute atomic E-state index is 13.1. The van der Waals surface area contributed by atoms with Gasteiger partial charge in [0.2, 0.25) is 5.91 Å². The molecular formula is C25H32N6O2S. The Bertz CT molecular complexity index is 1190. The number of rotatable bonds is 5. The van der Waals surface area contributed by atoms with Crippen molar-refractivity contribution in [3.05, 3.63) is 40.2 Å². The van der Waals surface area contributed by atoms with E-state index in [0.717, 1.165) is 79.8 Å². The third kappa shape index (κ3) is 4.92. The highest BCUT2D eigenvalue weighted by Crippen LogP contribution is 2.36. The van der Waals surface area contributed by atoms with Crippen LogP contribution in [0.25, 0.3) is 10.2 Å². The van der Waals surface area contributed by atoms with Gasteiger partial charge in [0.05, 0.1) is 31.1 Å². The summed E-state index contributed by atoms with van der Waals surface area (Å²) in [5.74, 6) is 2.36. The SMILES string of the molecule is Cc1cccc(NC(=O)[C@H]2CCCN(c3nc(CN4CCOCC4)nc4sc(C)c(C)c34)C2)n1. The minimum absolute atomic E-state index is 0.0276. The van der Waals surface area contributed by atoms with E-state index in [0.29, 0.717) is 12.4 Å². The van der Waals surface area contributed by atoms with Crippen molar-refractivity contribution in [3.8, 4) is 0 Å². The van der Waals surface area contributed by atoms with Gasteiger partial charge >= 0.3 is 0 Å². The van der Waals surface area contributed by atoms with Crippen LogP contribution in [0.4, 0.5) is 11.6 Å². The smallest absolute Gasteiger partial charge is 0.230 e. The molecule has 2 aliphatic heterocycles. The summed E-state index contributed by atoms with van der Waals surface area (Å²) in [6.07, 6.45) is 1.82. The molecule has 0 aromatic carbocycles. The van der Waals surface area contributed by atoms with E-state index in [4.69, 9.17) is 14.7 Å². The van der Waals surface area contributed by atoms with Gasteiger partial charge in [-0.05, 0) is 51.3 Å². The summed E-state index contributed by atoms with van der Waals surface area (Å²) in [6.45, 7) is 11.8. The molecule has 0 radical (unpaired) electrons. The van der Waals surface area contributed by atoms with Gasteiger partial charge in [-0.1, -0.05) is 6.07 Å². The van der Waals surface area contributed by atoms with Crippen LogP contribution in [0.15, 0.2) is 18.2 Å². The Hall–Kier alpha value is -2.62. The van der Waals surface area contributed by atoms with Crippen LogP contribution < -0.4 is 10.2 Å². The van der Waals surface area contributed by atoms with Crippen molar-refractivity contribution < 1.29 is 9.53 Å². The van der Waals surface area contributed by atoms with E-state index in [1.54, 1.807) is 11.3 Å². The molecule has 2 saturated heterocycles. The number of morpholine rings is 1. The average molecular weight is 481 g/mol. The largest absolute Gasteiger partial charge is 0.379 e. The third-order valence-electron chi connectivity index (χ3n) is 6.76. The van der Waals surface area contributed by atoms with Gasteiger partial charge in [-0.25, -0.2) is 15.0 Å². The van der Waals surface area contributed by atoms with Gasteiger partial charge in [0, 0.05) is 36.8 Å². The maximum atomic E-state index is 13.1. The van der Waals surface area contributed by atoms with Crippen molar-refractivity contribution in [2.75, 3.05) is 49.6 Å². The molecule has 3 aromatic heterocycles. The van der Waals surface area contributed by atoms with Crippen LogP contribution in [0.3, 0.4) is 0 Å². The fraction of sp³-hybridized carbons (Fsp3) is 0.520. The highest BCUT2D eigenvalue weighted by atomic mass is 32.1. The van der Waals surface area contributed by atoms with E-state index in [9.17, 15) is 4.79 Å². The molecule has 1 atom stereocenters. The summed E-state index contributed by atoms with van der Waals surface area (Å²) >= 11 is 1.73. The first-order chi connectivity index (χ1) is 16.5. The molecular weight excluding hydrogens is 448 g/mol. The Kier molecular flexibility index (Phi) is 6.76. The Morgan fingerprint density at radius 3 is 2.76 bits per heavy atom. The first-order valence-electron chi connectivity index (χ1n) is 12.0. The number of aryl methyl sites for hydroxylation is 3. The zero-order valence-corrected chi connectivity index (χ0v) is 21.0. The lowest BCUT2D eigenvalue weighted by molar-refractivity contribution is -0.120. The van der Waals surface area contributed by atoms with Crippen LogP contribution in [0.2, 0.25) is 0 Å². The fourth-order valence-electron chi connectivity index (χ4n) is 4.75. The number of fused-ring (bicyclic) bond motifs is 1. The average Bonchev–Trinajstić information content (AvgIpc) is 3.12. The monoisotopic (exact) mass is 480 g/mol. The minimum Gasteiger partial charge on any atom is -0.379 e. The van der Waals surface area contributed by atoms with Crippen molar-refractivity contribution in [3.63, 3.8) is 0 Å². The maximum Gasteiger partial charge on any atom is 0.230 e. The predicted molar refractivity (Wildman–Crippen MR) is 136 cm³/mol. The van der Waals surface area contributed by atoms with E-state index in [1.165, 1.54) is 10.4 Å². The van der Waals surface area contributed by atoms with Gasteiger partial charge in [0.15, 0.2) is 0 Å². The number of pyridine rings is 1. The number of nitrogens with one attached hydrogen (secondary N) is 1. The zero-order chi connectivity index (χ0) is 23.7. The van der Waals surface area contributed by atoms with Gasteiger partial charge < -0.3 is 15.0 Å². The highest BCUT2D eigenvalue weighted by Gasteiger charge is 2.29. The van der Waals surface area contributed by atoms with Crippen LogP contribution in [0, 0.1) is 26.7 Å². The zero-order valence-electron chi connectivity index (χ0n) is 20.1. The van der Waals surface area contributed by atoms with Crippen molar-refractivity contribution in [1.82, 2.24) is 19.9 Å². The van der Waals surface area contributed by atoms with Gasteiger partial charge in [-0.3, -0.25) is 9.69 Å². The predicted octanol–water partition coefficient (Wildman–Crippen LogP) is 3.70. The van der Waals surface area contributed by atoms with Crippen LogP contribution in [0.1, 0.15) is 34.8 Å². The van der Waals surface area contributed by atoms with Crippen LogP contribution >= 0.6 is 11.3 Å². The lowest BCUT2D eigenvalue weighted by atomic mass is 9.96. The van der Waals surface area contributed by atoms with Gasteiger partial charge in [-0.2, -0.15) is 0 Å². The topological polar surface area (TPSA) is 83.5 Å². The Balaban J connectivity index is 1.40. The van der Waals surface area contributed by atoms with Gasteiger partial charge in [-0.15, -0.1) is 11.3 Å². The number of piperidine rings is 1. The lowest BCUT2D eigenvalue weighted by Crippen LogP contribution is -2.41. The second kappa shape index (κ2) is 9.93. The first-order valence-corrected chi connectivity index (χ1v) is 12.9. The molecule has 0 unspecified atom stereocenters. The molecule has 2 fully saturated rings. The highest BCUT2D eigenvalue weighted by molar-refractivity contribution is 7.18. The summed E-state index contributed by atoms with van der Waals surface area (Å²) in [5, 5.41) is 4.15. The second-order valence-electron chi connectivity index (χ2n) is 9.25. The summed E-state index contributed by atoms with van der Waals surface area (Å²) in [4.78, 5) is 34.5. The normalized spacial score (nSPS) is 19.5.